The van der Waals surface area contributed by atoms with E-state index in [4.69, 9.17) is 19.2 Å². The van der Waals surface area contributed by atoms with Crippen LogP contribution in [0.2, 0.25) is 0 Å². The molecular weight excluding hydrogens is 930 g/mol. The fourth-order valence-electron chi connectivity index (χ4n) is 11.8. The monoisotopic (exact) mass is 1020 g/mol. The molecule has 2 aliphatic heterocycles. The molecule has 2 aliphatic rings. The van der Waals surface area contributed by atoms with Gasteiger partial charge in [0, 0.05) is 18.5 Å². The molecule has 2 saturated heterocycles. The summed E-state index contributed by atoms with van der Waals surface area (Å²) in [6.45, 7) is 13.6. The SMILES string of the molecule is CC[C@H]1OC(=O)[C@H](C)[C@@H](O)[C@H](C)[C@@H](O[C@@H]2O[C@H](C)C[C@H](N(C)C)[C@H]2O)[C@](C)(O)C[C@@H](C)CN(C(=O)CCCCCCCCCCC[PH](c2ccccc2)(c2ccccc2)c2ccccn2)[C@H](C)[C@@H](O)[C@]1(C)O. The number of likely N-dealkylation sites (N-methyl/N-ethyl adjacent to an activating group) is 1. The van der Waals surface area contributed by atoms with Crippen molar-refractivity contribution in [3.63, 3.8) is 0 Å². The van der Waals surface area contributed by atoms with E-state index in [0.717, 1.165) is 57.5 Å². The van der Waals surface area contributed by atoms with Gasteiger partial charge < -0.3 is 49.5 Å². The van der Waals surface area contributed by atoms with Gasteiger partial charge in [-0.05, 0) is 73.9 Å². The molecule has 14 heteroatoms. The second kappa shape index (κ2) is 27.4. The maximum Gasteiger partial charge on any atom is 0.126 e. The summed E-state index contributed by atoms with van der Waals surface area (Å²) < 4.78 is 18.6. The fourth-order valence-corrected chi connectivity index (χ4v) is 16.6. The first-order valence-corrected chi connectivity index (χ1v) is 29.4. The molecule has 0 saturated carbocycles. The van der Waals surface area contributed by atoms with Gasteiger partial charge in [-0.3, -0.25) is 9.59 Å². The topological polar surface area (TPSA) is 182 Å². The smallest absolute Gasteiger partial charge is 0.126 e. The van der Waals surface area contributed by atoms with Crippen molar-refractivity contribution in [2.24, 2.45) is 17.8 Å². The van der Waals surface area contributed by atoms with Crippen molar-refractivity contribution in [1.29, 1.82) is 0 Å². The molecule has 0 unspecified atom stereocenters. The molecule has 0 radical (unpaired) electrons. The summed E-state index contributed by atoms with van der Waals surface area (Å²) >= 11 is 0. The number of aromatic nitrogens is 1. The minimum Gasteiger partial charge on any atom is -0.388 e. The Hall–Kier alpha value is -3.36. The number of rotatable bonds is 19. The number of carbonyl (C=O) groups is 2. The number of benzene rings is 2. The molecule has 1 aromatic heterocycles. The maximum atomic E-state index is 14.3. The molecule has 14 atom stereocenters. The predicted molar refractivity (Wildman–Crippen MR) is 289 cm³/mol. The van der Waals surface area contributed by atoms with E-state index >= 15 is 0 Å². The molecule has 3 heterocycles. The van der Waals surface area contributed by atoms with E-state index < -0.39 is 79.1 Å². The first kappa shape index (κ1) is 59.5. The molecule has 404 valence electrons. The molecule has 2 fully saturated rings. The van der Waals surface area contributed by atoms with Crippen molar-refractivity contribution in [1.82, 2.24) is 14.8 Å². The van der Waals surface area contributed by atoms with Crippen LogP contribution >= 0.6 is 7.26 Å². The van der Waals surface area contributed by atoms with E-state index in [2.05, 4.69) is 72.8 Å². The van der Waals surface area contributed by atoms with Crippen molar-refractivity contribution in [2.45, 2.75) is 205 Å². The summed E-state index contributed by atoms with van der Waals surface area (Å²) in [5.74, 6) is -3.33. The Bertz CT molecular complexity index is 1970. The molecule has 2 aromatic carbocycles. The Morgan fingerprint density at radius 3 is 1.90 bits per heavy atom. The number of hydrogen-bond acceptors (Lipinski definition) is 12. The third-order valence-electron chi connectivity index (χ3n) is 16.1. The molecule has 1 amide bonds. The van der Waals surface area contributed by atoms with Crippen LogP contribution in [0.5, 0.6) is 0 Å². The minimum atomic E-state index is -2.34. The van der Waals surface area contributed by atoms with Crippen molar-refractivity contribution < 1.29 is 49.3 Å². The van der Waals surface area contributed by atoms with Gasteiger partial charge in [0.1, 0.15) is 23.9 Å². The quantitative estimate of drug-likeness (QED) is 0.0477. The Labute approximate surface area is 432 Å². The average molecular weight is 1020 g/mol. The number of unbranched alkanes of at least 4 members (excludes halogenated alkanes) is 8. The largest absolute Gasteiger partial charge is 0.388 e. The summed E-state index contributed by atoms with van der Waals surface area (Å²) in [7, 11) is 1.40. The van der Waals surface area contributed by atoms with Crippen LogP contribution in [0, 0.1) is 17.8 Å². The van der Waals surface area contributed by atoms with E-state index in [-0.39, 0.29) is 49.8 Å². The van der Waals surface area contributed by atoms with Crippen LogP contribution in [-0.4, -0.2) is 145 Å². The van der Waals surface area contributed by atoms with Crippen molar-refractivity contribution in [3.8, 4) is 0 Å². The molecule has 5 N–H and O–H groups in total. The number of pyridine rings is 1. The fraction of sp³-hybridized carbons (Fsp3) is 0.672. The Balaban J connectivity index is 1.21. The van der Waals surface area contributed by atoms with Gasteiger partial charge in [-0.15, -0.1) is 0 Å². The van der Waals surface area contributed by atoms with Crippen molar-refractivity contribution >= 4 is 35.2 Å². The average Bonchev–Trinajstić information content (AvgIpc) is 3.36. The van der Waals surface area contributed by atoms with E-state index in [0.29, 0.717) is 12.8 Å². The summed E-state index contributed by atoms with van der Waals surface area (Å²) in [4.78, 5) is 36.6. The van der Waals surface area contributed by atoms with Crippen LogP contribution < -0.4 is 16.0 Å². The van der Waals surface area contributed by atoms with Gasteiger partial charge in [0.2, 0.25) is 0 Å². The third-order valence-corrected chi connectivity index (χ3v) is 21.0. The number of aliphatic hydroxyl groups is 5. The number of cyclic esters (lactones) is 1. The van der Waals surface area contributed by atoms with E-state index in [1.165, 1.54) is 29.9 Å². The maximum absolute atomic E-state index is 14.3. The zero-order chi connectivity index (χ0) is 52.8. The number of aliphatic hydroxyl groups excluding tert-OH is 3. The second-order valence-corrected chi connectivity index (χ2v) is 26.2. The molecule has 0 bridgehead atoms. The molecule has 0 aliphatic carbocycles. The van der Waals surface area contributed by atoms with Crippen LogP contribution in [0.3, 0.4) is 0 Å². The Morgan fingerprint density at radius 2 is 1.36 bits per heavy atom. The van der Waals surface area contributed by atoms with Crippen LogP contribution in [0.15, 0.2) is 85.1 Å². The summed E-state index contributed by atoms with van der Waals surface area (Å²) in [5, 5.41) is 62.3. The number of amides is 1. The Kier molecular flexibility index (Phi) is 22.7. The third kappa shape index (κ3) is 14.9. The van der Waals surface area contributed by atoms with E-state index in [9.17, 15) is 35.1 Å². The number of hydrogen-bond donors (Lipinski definition) is 5. The van der Waals surface area contributed by atoms with Crippen LogP contribution in [0.1, 0.15) is 139 Å². The standard InChI is InChI=1S/C58H92N3O10P/c1-11-48-58(8,68)53(65)44(6)61(39-40(2)38-57(7,67)54(42(4)51(63)43(5)55(66)70-48)71-56-52(64)47(60(9)10)37-41(3)69-56)50(62)34-25-17-15-13-12-14-16-18-28-36-72(45-29-21-19-22-30-45,46-31-23-20-24-32-46)49-33-26-27-35-59-49/h19-24,26-27,29-33,35,40-44,47-48,51-54,56,63-65,67-68,72H,11-18,25,28,34,36-39H2,1-10H3/t40-,41-,42+,43-,44-,47+,48-,51+,52-,53-,54-,56+,57-,58-/m1/s1. The van der Waals surface area contributed by atoms with Gasteiger partial charge in [0.25, 0.3) is 0 Å². The summed E-state index contributed by atoms with van der Waals surface area (Å²) in [5.41, 5.74) is -2.42. The van der Waals surface area contributed by atoms with Gasteiger partial charge in [-0.2, -0.15) is 0 Å². The molecule has 3 aromatic rings. The molecule has 13 nitrogen and oxygen atoms in total. The predicted octanol–water partition coefficient (Wildman–Crippen LogP) is 6.89. The van der Waals surface area contributed by atoms with Crippen molar-refractivity contribution in [2.75, 3.05) is 26.8 Å². The molecule has 72 heavy (non-hydrogen) atoms. The van der Waals surface area contributed by atoms with Crippen LogP contribution in [-0.2, 0) is 23.8 Å². The summed E-state index contributed by atoms with van der Waals surface area (Å²) in [6, 6.07) is 27.1. The van der Waals surface area contributed by atoms with Gasteiger partial charge in [-0.25, -0.2) is 0 Å². The molecule has 5 rings (SSSR count). The number of carbonyl (C=O) groups excluding carboxylic acids is 2. The van der Waals surface area contributed by atoms with E-state index in [1.807, 2.05) is 45.1 Å². The first-order chi connectivity index (χ1) is 34.2. The van der Waals surface area contributed by atoms with Gasteiger partial charge >= 0.3 is 196 Å². The van der Waals surface area contributed by atoms with Crippen LogP contribution in [0.4, 0.5) is 0 Å². The van der Waals surface area contributed by atoms with E-state index in [1.54, 1.807) is 32.6 Å². The Morgan fingerprint density at radius 1 is 0.806 bits per heavy atom. The molecular formula is C58H92N3O10P. The van der Waals surface area contributed by atoms with Crippen molar-refractivity contribution in [3.05, 3.63) is 85.1 Å². The van der Waals surface area contributed by atoms with Gasteiger partial charge in [-0.1, -0.05) is 20.8 Å². The summed E-state index contributed by atoms with van der Waals surface area (Å²) in [6.07, 6.45) is 5.73. The first-order valence-electron chi connectivity index (χ1n) is 27.2. The zero-order valence-corrected chi connectivity index (χ0v) is 46.2. The second-order valence-electron chi connectivity index (χ2n) is 22.3. The zero-order valence-electron chi connectivity index (χ0n) is 45.2. The minimum absolute atomic E-state index is 0.0940. The normalized spacial score (nSPS) is 32.7. The van der Waals surface area contributed by atoms with Gasteiger partial charge in [0.15, 0.2) is 6.29 Å². The number of nitrogens with zero attached hydrogens (tertiary/aromatic N) is 3. The van der Waals surface area contributed by atoms with Crippen LogP contribution in [0.25, 0.3) is 0 Å². The number of esters is 1. The molecule has 0 spiro atoms. The van der Waals surface area contributed by atoms with Gasteiger partial charge in [0.05, 0.1) is 35.9 Å². The number of ether oxygens (including phenoxy) is 3.